The van der Waals surface area contributed by atoms with Crippen LogP contribution in [0.2, 0.25) is 0 Å². The summed E-state index contributed by atoms with van der Waals surface area (Å²) in [7, 11) is 0. The van der Waals surface area contributed by atoms with Gasteiger partial charge in [-0.15, -0.1) is 22.7 Å². The third kappa shape index (κ3) is 7.95. The summed E-state index contributed by atoms with van der Waals surface area (Å²) in [4.78, 5) is 44.5. The molecule has 2 aromatic heterocycles. The minimum absolute atomic E-state index is 0.0128. The van der Waals surface area contributed by atoms with E-state index in [1.54, 1.807) is 34.0 Å². The Balaban J connectivity index is 0.000000983. The van der Waals surface area contributed by atoms with E-state index in [0.717, 1.165) is 47.5 Å². The monoisotopic (exact) mass is 572 g/mol. The fourth-order valence-corrected chi connectivity index (χ4v) is 5.97. The number of carbonyl (C=O) groups is 3. The van der Waals surface area contributed by atoms with E-state index in [4.69, 9.17) is 10.8 Å². The van der Waals surface area contributed by atoms with Crippen molar-refractivity contribution in [1.82, 2.24) is 4.98 Å². The molecule has 0 spiro atoms. The molecule has 1 fully saturated rings. The van der Waals surface area contributed by atoms with Crippen molar-refractivity contribution in [2.45, 2.75) is 52.5 Å². The van der Waals surface area contributed by atoms with Gasteiger partial charge in [-0.25, -0.2) is 9.78 Å². The molecule has 9 nitrogen and oxygen atoms in total. The van der Waals surface area contributed by atoms with Gasteiger partial charge >= 0.3 is 5.97 Å². The molecule has 11 heteroatoms. The number of aliphatic hydroxyl groups excluding tert-OH is 1. The topological polar surface area (TPSA) is 146 Å². The van der Waals surface area contributed by atoms with Crippen molar-refractivity contribution in [2.75, 3.05) is 23.4 Å². The number of rotatable bonds is 8. The molecule has 0 radical (unpaired) electrons. The number of nitrogens with one attached hydrogen (secondary N) is 1. The molecule has 5 N–H and O–H groups in total. The number of thiazole rings is 1. The Kier molecular flexibility index (Phi) is 11.2. The number of hydrogen-bond donors (Lipinski definition) is 4. The number of nitrogens with zero attached hydrogens (tertiary/aromatic N) is 2. The van der Waals surface area contributed by atoms with Crippen LogP contribution in [0.3, 0.4) is 0 Å². The molecule has 0 aliphatic heterocycles. The number of carboxylic acid groups (broad SMARTS) is 1. The third-order valence-electron chi connectivity index (χ3n) is 6.51. The first-order valence-corrected chi connectivity index (χ1v) is 14.7. The van der Waals surface area contributed by atoms with Gasteiger partial charge in [0.05, 0.1) is 17.8 Å². The highest BCUT2D eigenvalue weighted by Gasteiger charge is 2.33. The van der Waals surface area contributed by atoms with Crippen molar-refractivity contribution < 1.29 is 24.6 Å². The number of thiophene rings is 1. The van der Waals surface area contributed by atoms with Crippen molar-refractivity contribution in [3.05, 3.63) is 51.8 Å². The molecule has 1 aliphatic rings. The number of aliphatic hydroxyl groups is 1. The van der Waals surface area contributed by atoms with Gasteiger partial charge in [-0.1, -0.05) is 19.1 Å². The van der Waals surface area contributed by atoms with Gasteiger partial charge < -0.3 is 26.2 Å². The van der Waals surface area contributed by atoms with Gasteiger partial charge in [-0.2, -0.15) is 0 Å². The molecular weight excluding hydrogens is 536 g/mol. The van der Waals surface area contributed by atoms with Gasteiger partial charge in [0.2, 0.25) is 5.91 Å². The molecule has 1 aliphatic carbocycles. The second kappa shape index (κ2) is 14.3. The molecule has 0 unspecified atom stereocenters. The number of hydrogen-bond acceptors (Lipinski definition) is 8. The first-order valence-electron chi connectivity index (χ1n) is 13.0. The fraction of sp³-hybridized carbons (Fsp3) is 0.429. The van der Waals surface area contributed by atoms with Crippen LogP contribution < -0.4 is 16.0 Å². The van der Waals surface area contributed by atoms with Crippen molar-refractivity contribution in [1.29, 1.82) is 0 Å². The highest BCUT2D eigenvalue weighted by molar-refractivity contribution is 7.18. The van der Waals surface area contributed by atoms with Gasteiger partial charge in [0, 0.05) is 34.4 Å². The summed E-state index contributed by atoms with van der Waals surface area (Å²) in [6.07, 6.45) is 3.73. The Bertz CT molecular complexity index is 1230. The van der Waals surface area contributed by atoms with Crippen LogP contribution in [0.15, 0.2) is 41.2 Å². The summed E-state index contributed by atoms with van der Waals surface area (Å²) >= 11 is 2.51. The molecule has 0 saturated heterocycles. The van der Waals surface area contributed by atoms with E-state index >= 15 is 0 Å². The van der Waals surface area contributed by atoms with Crippen molar-refractivity contribution in [3.8, 4) is 10.4 Å². The van der Waals surface area contributed by atoms with Gasteiger partial charge in [0.1, 0.15) is 10.6 Å². The maximum Gasteiger partial charge on any atom is 0.348 e. The maximum absolute atomic E-state index is 13.5. The average molecular weight is 573 g/mol. The number of amides is 2. The van der Waals surface area contributed by atoms with E-state index in [0.29, 0.717) is 29.5 Å². The summed E-state index contributed by atoms with van der Waals surface area (Å²) < 4.78 is 0. The number of aromatic nitrogens is 1. The Morgan fingerprint density at radius 2 is 1.79 bits per heavy atom. The molecule has 210 valence electrons. The molecule has 1 aromatic carbocycles. The summed E-state index contributed by atoms with van der Waals surface area (Å²) in [5.41, 5.74) is 8.63. The first kappa shape index (κ1) is 30.4. The predicted octanol–water partition coefficient (Wildman–Crippen LogP) is 5.33. The summed E-state index contributed by atoms with van der Waals surface area (Å²) in [6.45, 7) is 6.53. The largest absolute Gasteiger partial charge is 0.477 e. The number of benzene rings is 1. The van der Waals surface area contributed by atoms with Gasteiger partial charge in [-0.3, -0.25) is 9.59 Å². The molecule has 1 saturated carbocycles. The SMILES string of the molecule is CC1CCC(C(=O)N(c2cc(-c3ccc(NC(=O)c4cscn4)cc3)sc2C(=O)O)C(C)C)CC1.NCCO. The van der Waals surface area contributed by atoms with Gasteiger partial charge in [0.15, 0.2) is 0 Å². The third-order valence-corrected chi connectivity index (χ3v) is 8.25. The highest BCUT2D eigenvalue weighted by Crippen LogP contribution is 2.40. The molecule has 4 rings (SSSR count). The maximum atomic E-state index is 13.5. The zero-order chi connectivity index (χ0) is 28.5. The number of nitrogens with two attached hydrogens (primary N) is 1. The van der Waals surface area contributed by atoms with Crippen LogP contribution in [0.1, 0.15) is 66.6 Å². The first-order chi connectivity index (χ1) is 18.7. The van der Waals surface area contributed by atoms with E-state index in [1.807, 2.05) is 26.0 Å². The molecule has 0 atom stereocenters. The second-order valence-electron chi connectivity index (χ2n) is 9.81. The minimum Gasteiger partial charge on any atom is -0.477 e. The molecule has 2 amide bonds. The molecule has 2 heterocycles. The molecule has 0 bridgehead atoms. The standard InChI is InChI=1S/C26H29N3O4S2.C2H7NO/c1-15(2)29(25(31)18-6-4-16(3)5-7-18)21-12-22(35-23(21)26(32)33)17-8-10-19(11-9-17)28-24(30)20-13-34-14-27-20;3-1-2-4/h8-16,18H,4-7H2,1-3H3,(H,28,30)(H,32,33);4H,1-3H2. The van der Waals surface area contributed by atoms with E-state index in [1.165, 1.54) is 11.3 Å². The van der Waals surface area contributed by atoms with Crippen molar-refractivity contribution >= 4 is 51.8 Å². The predicted molar refractivity (Wildman–Crippen MR) is 157 cm³/mol. The summed E-state index contributed by atoms with van der Waals surface area (Å²) in [5.74, 6) is -0.755. The Morgan fingerprint density at radius 3 is 2.31 bits per heavy atom. The Morgan fingerprint density at radius 1 is 1.15 bits per heavy atom. The lowest BCUT2D eigenvalue weighted by atomic mass is 9.82. The molecular formula is C28H36N4O5S2. The second-order valence-corrected chi connectivity index (χ2v) is 11.6. The number of carboxylic acids is 1. The van der Waals surface area contributed by atoms with Crippen molar-refractivity contribution in [3.63, 3.8) is 0 Å². The quantitative estimate of drug-likeness (QED) is 0.285. The van der Waals surface area contributed by atoms with Crippen LogP contribution in [0.25, 0.3) is 10.4 Å². The lowest BCUT2D eigenvalue weighted by molar-refractivity contribution is -0.123. The van der Waals surface area contributed by atoms with Crippen LogP contribution in [0.5, 0.6) is 0 Å². The normalized spacial score (nSPS) is 16.8. The smallest absolute Gasteiger partial charge is 0.348 e. The number of anilines is 2. The van der Waals surface area contributed by atoms with E-state index in [-0.39, 0.29) is 35.3 Å². The average Bonchev–Trinajstić information content (AvgIpc) is 3.61. The molecule has 3 aromatic rings. The minimum atomic E-state index is -1.04. The summed E-state index contributed by atoms with van der Waals surface area (Å²) in [5, 5.41) is 22.2. The lowest BCUT2D eigenvalue weighted by Gasteiger charge is -2.33. The lowest BCUT2D eigenvalue weighted by Crippen LogP contribution is -2.42. The highest BCUT2D eigenvalue weighted by atomic mass is 32.1. The molecule has 39 heavy (non-hydrogen) atoms. The van der Waals surface area contributed by atoms with Crippen molar-refractivity contribution in [2.24, 2.45) is 17.6 Å². The Hall–Kier alpha value is -3.12. The number of aromatic carboxylic acids is 1. The van der Waals surface area contributed by atoms with Crippen LogP contribution >= 0.6 is 22.7 Å². The van der Waals surface area contributed by atoms with Crippen LogP contribution in [0, 0.1) is 11.8 Å². The van der Waals surface area contributed by atoms with E-state index in [2.05, 4.69) is 17.2 Å². The van der Waals surface area contributed by atoms with Gasteiger partial charge in [0.25, 0.3) is 5.91 Å². The van der Waals surface area contributed by atoms with Crippen LogP contribution in [-0.2, 0) is 4.79 Å². The van der Waals surface area contributed by atoms with Crippen LogP contribution in [0.4, 0.5) is 11.4 Å². The van der Waals surface area contributed by atoms with Gasteiger partial charge in [-0.05, 0) is 69.2 Å². The Labute approximate surface area is 236 Å². The van der Waals surface area contributed by atoms with E-state index in [9.17, 15) is 19.5 Å². The number of carbonyl (C=O) groups excluding carboxylic acids is 2. The van der Waals surface area contributed by atoms with E-state index < -0.39 is 5.97 Å². The zero-order valence-electron chi connectivity index (χ0n) is 22.4. The van der Waals surface area contributed by atoms with Crippen LogP contribution in [-0.4, -0.2) is 52.2 Å². The summed E-state index contributed by atoms with van der Waals surface area (Å²) in [6, 6.07) is 8.86. The fourth-order valence-electron chi connectivity index (χ4n) is 4.45. The zero-order valence-corrected chi connectivity index (χ0v) is 24.1.